The second kappa shape index (κ2) is 8.54. The van der Waals surface area contributed by atoms with Crippen LogP contribution in [0.15, 0.2) is 54.6 Å². The number of amides is 1. The first kappa shape index (κ1) is 20.0. The van der Waals surface area contributed by atoms with Gasteiger partial charge in [-0.1, -0.05) is 18.2 Å². The Bertz CT molecular complexity index is 778. The van der Waals surface area contributed by atoms with Crippen molar-refractivity contribution < 1.29 is 27.4 Å². The number of likely N-dealkylation sites (tertiary alicyclic amines) is 1. The van der Waals surface area contributed by atoms with Gasteiger partial charge in [-0.2, -0.15) is 0 Å². The average molecular weight is 393 g/mol. The minimum absolute atomic E-state index is 0.104. The van der Waals surface area contributed by atoms with E-state index in [0.29, 0.717) is 12.1 Å². The molecule has 28 heavy (non-hydrogen) atoms. The molecule has 0 radical (unpaired) electrons. The molecule has 3 rings (SSSR count). The Morgan fingerprint density at radius 1 is 1.04 bits per heavy atom. The van der Waals surface area contributed by atoms with Crippen molar-refractivity contribution >= 4 is 5.91 Å². The third-order valence-corrected chi connectivity index (χ3v) is 4.75. The lowest BCUT2D eigenvalue weighted by Gasteiger charge is -2.39. The van der Waals surface area contributed by atoms with E-state index in [1.807, 2.05) is 37.3 Å². The summed E-state index contributed by atoms with van der Waals surface area (Å²) >= 11 is 0. The molecule has 150 valence electrons. The van der Waals surface area contributed by atoms with E-state index in [4.69, 9.17) is 4.74 Å². The van der Waals surface area contributed by atoms with Crippen molar-refractivity contribution in [2.45, 2.75) is 44.7 Å². The predicted octanol–water partition coefficient (Wildman–Crippen LogP) is 5.05. The van der Waals surface area contributed by atoms with Gasteiger partial charge in [0.15, 0.2) is 0 Å². The van der Waals surface area contributed by atoms with E-state index in [-0.39, 0.29) is 23.8 Å². The van der Waals surface area contributed by atoms with Crippen molar-refractivity contribution in [2.24, 2.45) is 0 Å². The van der Waals surface area contributed by atoms with Crippen LogP contribution in [0.4, 0.5) is 13.2 Å². The Balaban J connectivity index is 1.71. The molecule has 0 bridgehead atoms. The molecule has 2 atom stereocenters. The Labute approximate surface area is 161 Å². The van der Waals surface area contributed by atoms with Crippen LogP contribution in [0.3, 0.4) is 0 Å². The fourth-order valence-corrected chi connectivity index (χ4v) is 3.45. The first-order valence-electron chi connectivity index (χ1n) is 9.22. The zero-order chi connectivity index (χ0) is 20.1. The molecule has 0 aromatic heterocycles. The molecule has 2 aromatic rings. The highest BCUT2D eigenvalue weighted by Gasteiger charge is 2.33. The zero-order valence-corrected chi connectivity index (χ0v) is 15.5. The summed E-state index contributed by atoms with van der Waals surface area (Å²) in [4.78, 5) is 14.7. The van der Waals surface area contributed by atoms with Crippen LogP contribution in [0, 0.1) is 0 Å². The minimum Gasteiger partial charge on any atom is -0.489 e. The molecule has 1 saturated heterocycles. The highest BCUT2D eigenvalue weighted by Crippen LogP contribution is 2.27. The number of hydrogen-bond donors (Lipinski definition) is 0. The molecule has 0 spiro atoms. The summed E-state index contributed by atoms with van der Waals surface area (Å²) in [6.45, 7) is 2.52. The van der Waals surface area contributed by atoms with Crippen LogP contribution >= 0.6 is 0 Å². The second-order valence-electron chi connectivity index (χ2n) is 6.77. The van der Waals surface area contributed by atoms with Crippen molar-refractivity contribution in [1.29, 1.82) is 0 Å². The molecule has 1 heterocycles. The van der Waals surface area contributed by atoms with Crippen LogP contribution in [0.1, 0.15) is 36.5 Å². The summed E-state index contributed by atoms with van der Waals surface area (Å²) in [7, 11) is 0. The molecule has 1 aliphatic rings. The van der Waals surface area contributed by atoms with Gasteiger partial charge < -0.3 is 14.4 Å². The van der Waals surface area contributed by atoms with Crippen molar-refractivity contribution in [3.05, 3.63) is 60.2 Å². The van der Waals surface area contributed by atoms with Gasteiger partial charge in [-0.15, -0.1) is 13.2 Å². The van der Waals surface area contributed by atoms with E-state index in [0.717, 1.165) is 37.1 Å². The normalized spacial score (nSPS) is 18.4. The van der Waals surface area contributed by atoms with E-state index in [9.17, 15) is 18.0 Å². The van der Waals surface area contributed by atoms with Crippen molar-refractivity contribution in [3.63, 3.8) is 0 Å². The number of benzene rings is 2. The largest absolute Gasteiger partial charge is 0.573 e. The molecule has 0 saturated carbocycles. The molecule has 7 heteroatoms. The standard InChI is InChI=1S/C21H22F3NO3/c1-15(27-17-7-3-2-4-8-17)19-9-5-6-14-25(19)20(26)16-10-12-18(13-11-16)28-21(22,23)24/h2-4,7-8,10-13,15,19H,5-6,9,14H2,1H3. The van der Waals surface area contributed by atoms with Crippen LogP contribution < -0.4 is 9.47 Å². The average Bonchev–Trinajstić information content (AvgIpc) is 2.67. The lowest BCUT2D eigenvalue weighted by Crippen LogP contribution is -2.50. The van der Waals surface area contributed by atoms with Crippen LogP contribution in [-0.4, -0.2) is 35.9 Å². The fourth-order valence-electron chi connectivity index (χ4n) is 3.45. The van der Waals surface area contributed by atoms with E-state index >= 15 is 0 Å². The van der Waals surface area contributed by atoms with Crippen LogP contribution in [-0.2, 0) is 0 Å². The van der Waals surface area contributed by atoms with Gasteiger partial charge in [-0.25, -0.2) is 0 Å². The van der Waals surface area contributed by atoms with Gasteiger partial charge in [-0.3, -0.25) is 4.79 Å². The van der Waals surface area contributed by atoms with Crippen LogP contribution in [0.5, 0.6) is 11.5 Å². The molecule has 2 unspecified atom stereocenters. The number of carbonyl (C=O) groups is 1. The maximum atomic E-state index is 13.0. The van der Waals surface area contributed by atoms with Gasteiger partial charge in [0.05, 0.1) is 6.04 Å². The smallest absolute Gasteiger partial charge is 0.489 e. The molecule has 1 fully saturated rings. The Kier molecular flexibility index (Phi) is 6.11. The summed E-state index contributed by atoms with van der Waals surface area (Å²) < 4.78 is 46.8. The number of para-hydroxylation sites is 1. The first-order chi connectivity index (χ1) is 13.3. The number of carbonyl (C=O) groups excluding carboxylic acids is 1. The summed E-state index contributed by atoms with van der Waals surface area (Å²) in [6.07, 6.45) is -2.27. The predicted molar refractivity (Wildman–Crippen MR) is 98.3 cm³/mol. The van der Waals surface area contributed by atoms with E-state index in [1.54, 1.807) is 4.90 Å². The Morgan fingerprint density at radius 3 is 2.36 bits per heavy atom. The number of ether oxygens (including phenoxy) is 2. The minimum atomic E-state index is -4.76. The number of nitrogens with zero attached hydrogens (tertiary/aromatic N) is 1. The van der Waals surface area contributed by atoms with Gasteiger partial charge in [0.25, 0.3) is 5.91 Å². The lowest BCUT2D eigenvalue weighted by atomic mass is 9.97. The van der Waals surface area contributed by atoms with Gasteiger partial charge >= 0.3 is 6.36 Å². The molecular formula is C21H22F3NO3. The molecule has 0 aliphatic carbocycles. The first-order valence-corrected chi connectivity index (χ1v) is 9.22. The SMILES string of the molecule is CC(Oc1ccccc1)C1CCCCN1C(=O)c1ccc(OC(F)(F)F)cc1. The van der Waals surface area contributed by atoms with Crippen LogP contribution in [0.2, 0.25) is 0 Å². The Hall–Kier alpha value is -2.70. The lowest BCUT2D eigenvalue weighted by molar-refractivity contribution is -0.274. The number of rotatable bonds is 5. The van der Waals surface area contributed by atoms with E-state index in [1.165, 1.54) is 12.1 Å². The second-order valence-corrected chi connectivity index (χ2v) is 6.77. The monoisotopic (exact) mass is 393 g/mol. The topological polar surface area (TPSA) is 38.8 Å². The van der Waals surface area contributed by atoms with Gasteiger partial charge in [-0.05, 0) is 62.6 Å². The number of halogens is 3. The van der Waals surface area contributed by atoms with Crippen molar-refractivity contribution in [2.75, 3.05) is 6.54 Å². The zero-order valence-electron chi connectivity index (χ0n) is 15.5. The quantitative estimate of drug-likeness (QED) is 0.714. The van der Waals surface area contributed by atoms with Crippen LogP contribution in [0.25, 0.3) is 0 Å². The molecule has 1 amide bonds. The Morgan fingerprint density at radius 2 is 1.71 bits per heavy atom. The molecule has 2 aromatic carbocycles. The molecular weight excluding hydrogens is 371 g/mol. The highest BCUT2D eigenvalue weighted by atomic mass is 19.4. The fraction of sp³-hybridized carbons (Fsp3) is 0.381. The summed E-state index contributed by atoms with van der Waals surface area (Å²) in [6, 6.07) is 14.3. The molecule has 0 N–H and O–H groups in total. The summed E-state index contributed by atoms with van der Waals surface area (Å²) in [5.41, 5.74) is 0.327. The van der Waals surface area contributed by atoms with Gasteiger partial charge in [0.2, 0.25) is 0 Å². The van der Waals surface area contributed by atoms with Crippen molar-refractivity contribution in [3.8, 4) is 11.5 Å². The highest BCUT2D eigenvalue weighted by molar-refractivity contribution is 5.94. The number of alkyl halides is 3. The third kappa shape index (κ3) is 5.18. The molecule has 1 aliphatic heterocycles. The number of hydrogen-bond acceptors (Lipinski definition) is 3. The summed E-state index contributed by atoms with van der Waals surface area (Å²) in [5, 5.41) is 0. The third-order valence-electron chi connectivity index (χ3n) is 4.75. The maximum Gasteiger partial charge on any atom is 0.573 e. The van der Waals surface area contributed by atoms with E-state index in [2.05, 4.69) is 4.74 Å². The number of piperidine rings is 1. The summed E-state index contributed by atoms with van der Waals surface area (Å²) in [5.74, 6) is 0.174. The maximum absolute atomic E-state index is 13.0. The van der Waals surface area contributed by atoms with Gasteiger partial charge in [0.1, 0.15) is 17.6 Å². The molecule has 4 nitrogen and oxygen atoms in total. The van der Waals surface area contributed by atoms with Gasteiger partial charge in [0, 0.05) is 12.1 Å². The van der Waals surface area contributed by atoms with E-state index < -0.39 is 6.36 Å². The van der Waals surface area contributed by atoms with Crippen molar-refractivity contribution in [1.82, 2.24) is 4.90 Å².